The van der Waals surface area contributed by atoms with Gasteiger partial charge >= 0.3 is 5.97 Å². The summed E-state index contributed by atoms with van der Waals surface area (Å²) in [5.74, 6) is -0.467. The zero-order valence-electron chi connectivity index (χ0n) is 8.16. The summed E-state index contributed by atoms with van der Waals surface area (Å²) in [5, 5.41) is 0. The van der Waals surface area contributed by atoms with Crippen LogP contribution in [0.25, 0.3) is 0 Å². The number of fused-ring (bicyclic) bond motifs is 2. The maximum atomic E-state index is 11.9. The molecule has 1 unspecified atom stereocenters. The Bertz CT molecular complexity index is 310. The van der Waals surface area contributed by atoms with Gasteiger partial charge in [0.25, 0.3) is 0 Å². The fraction of sp³-hybridized carbons (Fsp3) is 0.600. The van der Waals surface area contributed by atoms with Crippen LogP contribution in [0.4, 0.5) is 0 Å². The van der Waals surface area contributed by atoms with E-state index in [9.17, 15) is 9.59 Å². The molecule has 2 rings (SSSR count). The topological polar surface area (TPSA) is 46.6 Å². The lowest BCUT2D eigenvalue weighted by molar-refractivity contribution is -0.158. The second-order valence-corrected chi connectivity index (χ2v) is 3.75. The maximum absolute atomic E-state index is 11.9. The first-order chi connectivity index (χ1) is 6.70. The number of hydrogen-bond donors (Lipinski definition) is 0. The smallest absolute Gasteiger partial charge is 0.321 e. The molecular weight excluding hydrogens is 182 g/mol. The van der Waals surface area contributed by atoms with Gasteiger partial charge < -0.3 is 9.64 Å². The van der Waals surface area contributed by atoms with Gasteiger partial charge in [0, 0.05) is 13.1 Å². The van der Waals surface area contributed by atoms with Gasteiger partial charge in [0.15, 0.2) is 5.41 Å². The van der Waals surface area contributed by atoms with Crippen molar-refractivity contribution in [2.45, 2.75) is 12.8 Å². The van der Waals surface area contributed by atoms with Crippen LogP contribution in [-0.4, -0.2) is 37.0 Å². The second-order valence-electron chi connectivity index (χ2n) is 3.75. The fourth-order valence-electron chi connectivity index (χ4n) is 2.15. The monoisotopic (exact) mass is 195 g/mol. The van der Waals surface area contributed by atoms with Crippen molar-refractivity contribution in [1.29, 1.82) is 0 Å². The maximum Gasteiger partial charge on any atom is 0.321 e. The number of esters is 1. The van der Waals surface area contributed by atoms with Gasteiger partial charge in [-0.25, -0.2) is 0 Å². The predicted octanol–water partition coefficient (Wildman–Crippen LogP) is 0.338. The van der Waals surface area contributed by atoms with Gasteiger partial charge in [-0.2, -0.15) is 0 Å². The van der Waals surface area contributed by atoms with E-state index in [1.165, 1.54) is 7.11 Å². The minimum Gasteiger partial charge on any atom is -0.468 e. The zero-order valence-corrected chi connectivity index (χ0v) is 8.16. The lowest BCUT2D eigenvalue weighted by Crippen LogP contribution is -2.40. The van der Waals surface area contributed by atoms with Crippen LogP contribution in [0.5, 0.6) is 0 Å². The molecule has 1 saturated heterocycles. The van der Waals surface area contributed by atoms with Gasteiger partial charge in [-0.15, -0.1) is 0 Å². The lowest BCUT2D eigenvalue weighted by Gasteiger charge is -2.21. The van der Waals surface area contributed by atoms with Crippen molar-refractivity contribution in [1.82, 2.24) is 4.90 Å². The molecule has 14 heavy (non-hydrogen) atoms. The molecule has 1 amide bonds. The lowest BCUT2D eigenvalue weighted by atomic mass is 9.83. The number of allylic oxidation sites excluding steroid dienone is 1. The van der Waals surface area contributed by atoms with E-state index >= 15 is 0 Å². The van der Waals surface area contributed by atoms with E-state index in [1.54, 1.807) is 4.90 Å². The Morgan fingerprint density at radius 3 is 3.07 bits per heavy atom. The molecule has 4 heteroatoms. The third-order valence-corrected chi connectivity index (χ3v) is 3.04. The number of rotatable bonds is 1. The van der Waals surface area contributed by atoms with Crippen molar-refractivity contribution >= 4 is 11.9 Å². The van der Waals surface area contributed by atoms with E-state index in [0.29, 0.717) is 25.9 Å². The molecule has 0 saturated carbocycles. The van der Waals surface area contributed by atoms with Crippen LogP contribution >= 0.6 is 0 Å². The average Bonchev–Trinajstić information content (AvgIpc) is 2.37. The van der Waals surface area contributed by atoms with Gasteiger partial charge in [-0.05, 0) is 12.8 Å². The van der Waals surface area contributed by atoms with Crippen molar-refractivity contribution in [2.24, 2.45) is 5.41 Å². The molecule has 4 nitrogen and oxygen atoms in total. The second kappa shape index (κ2) is 3.12. The number of carbonyl (C=O) groups excluding carboxylic acids is 2. The summed E-state index contributed by atoms with van der Waals surface area (Å²) in [6.07, 6.45) is 4.90. The summed E-state index contributed by atoms with van der Waals surface area (Å²) in [6, 6.07) is 0. The van der Waals surface area contributed by atoms with E-state index in [4.69, 9.17) is 4.74 Å². The summed E-state index contributed by atoms with van der Waals surface area (Å²) in [4.78, 5) is 25.2. The summed E-state index contributed by atoms with van der Waals surface area (Å²) < 4.78 is 4.72. The molecule has 2 aliphatic heterocycles. The highest BCUT2D eigenvalue weighted by Crippen LogP contribution is 2.38. The Labute approximate surface area is 82.5 Å². The van der Waals surface area contributed by atoms with E-state index in [1.807, 2.05) is 12.2 Å². The van der Waals surface area contributed by atoms with Gasteiger partial charge in [-0.3, -0.25) is 9.59 Å². The van der Waals surface area contributed by atoms with E-state index in [2.05, 4.69) is 0 Å². The first-order valence-corrected chi connectivity index (χ1v) is 4.73. The molecular formula is C10H13NO3. The van der Waals surface area contributed by atoms with Crippen LogP contribution in [0.1, 0.15) is 12.8 Å². The third-order valence-electron chi connectivity index (χ3n) is 3.04. The highest BCUT2D eigenvalue weighted by molar-refractivity contribution is 6.04. The predicted molar refractivity (Wildman–Crippen MR) is 49.4 cm³/mol. The molecule has 0 radical (unpaired) electrons. The Balaban J connectivity index is 2.36. The Hall–Kier alpha value is -1.32. The average molecular weight is 195 g/mol. The normalized spacial score (nSPS) is 30.4. The van der Waals surface area contributed by atoms with Crippen LogP contribution < -0.4 is 0 Å². The third kappa shape index (κ3) is 1.06. The Morgan fingerprint density at radius 1 is 1.57 bits per heavy atom. The first-order valence-electron chi connectivity index (χ1n) is 4.73. The quantitative estimate of drug-likeness (QED) is 0.344. The highest BCUT2D eigenvalue weighted by atomic mass is 16.5. The van der Waals surface area contributed by atoms with Gasteiger partial charge in [0.05, 0.1) is 7.11 Å². The van der Waals surface area contributed by atoms with Crippen molar-refractivity contribution < 1.29 is 14.3 Å². The Morgan fingerprint density at radius 2 is 2.36 bits per heavy atom. The minimum absolute atomic E-state index is 0.0747. The fourth-order valence-corrected chi connectivity index (χ4v) is 2.15. The van der Waals surface area contributed by atoms with Crippen molar-refractivity contribution in [3.8, 4) is 0 Å². The van der Waals surface area contributed by atoms with E-state index < -0.39 is 11.4 Å². The highest BCUT2D eigenvalue weighted by Gasteiger charge is 2.53. The van der Waals surface area contributed by atoms with Crippen LogP contribution in [0.2, 0.25) is 0 Å². The molecule has 0 aromatic carbocycles. The summed E-state index contributed by atoms with van der Waals surface area (Å²) >= 11 is 0. The molecule has 1 atom stereocenters. The van der Waals surface area contributed by atoms with Crippen molar-refractivity contribution in [3.05, 3.63) is 12.2 Å². The Kier molecular flexibility index (Phi) is 2.06. The number of amides is 1. The summed E-state index contributed by atoms with van der Waals surface area (Å²) in [6.45, 7) is 1.29. The van der Waals surface area contributed by atoms with Gasteiger partial charge in [-0.1, -0.05) is 12.2 Å². The van der Waals surface area contributed by atoms with Crippen LogP contribution in [0.15, 0.2) is 12.2 Å². The van der Waals surface area contributed by atoms with Gasteiger partial charge in [0.2, 0.25) is 5.91 Å². The molecule has 2 bridgehead atoms. The number of carbonyl (C=O) groups is 2. The SMILES string of the molecule is COC(=O)C12CC=CCN(CC1)C2=O. The van der Waals surface area contributed by atoms with Crippen molar-refractivity contribution in [3.63, 3.8) is 0 Å². The molecule has 0 N–H and O–H groups in total. The first kappa shape index (κ1) is 9.24. The van der Waals surface area contributed by atoms with Crippen LogP contribution in [-0.2, 0) is 14.3 Å². The standard InChI is InChI=1S/C10H13NO3/c1-14-9(13)10-4-2-3-6-11(7-5-10)8(10)12/h2-3H,4-7H2,1H3. The molecule has 2 heterocycles. The molecule has 2 aliphatic rings. The number of hydrogen-bond acceptors (Lipinski definition) is 3. The van der Waals surface area contributed by atoms with E-state index in [0.717, 1.165) is 0 Å². The van der Waals surface area contributed by atoms with Crippen LogP contribution in [0.3, 0.4) is 0 Å². The zero-order chi connectivity index (χ0) is 10.2. The molecule has 0 spiro atoms. The molecule has 1 fully saturated rings. The summed E-state index contributed by atoms with van der Waals surface area (Å²) in [5.41, 5.74) is -0.915. The van der Waals surface area contributed by atoms with E-state index in [-0.39, 0.29) is 5.91 Å². The number of methoxy groups -OCH3 is 1. The molecule has 76 valence electrons. The van der Waals surface area contributed by atoms with Crippen LogP contribution in [0, 0.1) is 5.41 Å². The van der Waals surface area contributed by atoms with Crippen molar-refractivity contribution in [2.75, 3.05) is 20.2 Å². The summed E-state index contributed by atoms with van der Waals surface area (Å²) in [7, 11) is 1.33. The van der Waals surface area contributed by atoms with Gasteiger partial charge in [0.1, 0.15) is 0 Å². The minimum atomic E-state index is -0.915. The largest absolute Gasteiger partial charge is 0.468 e. The molecule has 0 aromatic heterocycles. The number of nitrogens with zero attached hydrogens (tertiary/aromatic N) is 1. The number of ether oxygens (including phenoxy) is 1. The molecule has 0 aliphatic carbocycles. The molecule has 0 aromatic rings.